The number of hydrogen-bond donors (Lipinski definition) is 6. The number of nitro groups is 2. The highest BCUT2D eigenvalue weighted by Crippen LogP contribution is 2.39. The van der Waals surface area contributed by atoms with Crippen LogP contribution in [0.5, 0.6) is 0 Å². The molecule has 1 aliphatic rings. The van der Waals surface area contributed by atoms with Crippen LogP contribution in [0.3, 0.4) is 0 Å². The van der Waals surface area contributed by atoms with Crippen LogP contribution in [-0.2, 0) is 13.8 Å². The molecule has 0 saturated carbocycles. The first-order valence-corrected chi connectivity index (χ1v) is 14.3. The minimum atomic E-state index is -4.80. The second kappa shape index (κ2) is 13.4. The first-order chi connectivity index (χ1) is 20.0. The summed E-state index contributed by atoms with van der Waals surface area (Å²) < 4.78 is 22.3. The molecule has 0 amide bonds. The van der Waals surface area contributed by atoms with E-state index in [2.05, 4.69) is 30.1 Å². The summed E-state index contributed by atoms with van der Waals surface area (Å²) in [4.78, 5) is 51.2. The number of rotatable bonds is 15. The van der Waals surface area contributed by atoms with E-state index in [0.717, 1.165) is 25.3 Å². The summed E-state index contributed by atoms with van der Waals surface area (Å²) in [5.74, 6) is 0.431. The third-order valence-corrected chi connectivity index (χ3v) is 6.96. The van der Waals surface area contributed by atoms with E-state index in [0.29, 0.717) is 36.5 Å². The second-order valence-corrected chi connectivity index (χ2v) is 10.6. The summed E-state index contributed by atoms with van der Waals surface area (Å²) in [7, 11) is -4.80. The number of fused-ring (bicyclic) bond motifs is 1. The Hall–Kier alpha value is -3.84. The van der Waals surface area contributed by atoms with Gasteiger partial charge in [-0.1, -0.05) is 12.8 Å². The van der Waals surface area contributed by atoms with Gasteiger partial charge in [-0.3, -0.25) is 29.3 Å². The third kappa shape index (κ3) is 7.51. The number of hydrogen-bond acceptors (Lipinski definition) is 14. The number of non-ortho nitro benzene ring substituents is 1. The molecule has 6 N–H and O–H groups in total. The van der Waals surface area contributed by atoms with Crippen molar-refractivity contribution < 1.29 is 43.7 Å². The Balaban J connectivity index is 1.24. The van der Waals surface area contributed by atoms with Crippen molar-refractivity contribution in [2.45, 2.75) is 50.2 Å². The second-order valence-electron chi connectivity index (χ2n) is 9.36. The van der Waals surface area contributed by atoms with Crippen LogP contribution in [-0.4, -0.2) is 87.4 Å². The largest absolute Gasteiger partial charge is 0.469 e. The Bertz CT molecular complexity index is 1470. The number of nitrogens with zero attached hydrogens (tertiary/aromatic N) is 6. The summed E-state index contributed by atoms with van der Waals surface area (Å²) in [5.41, 5.74) is 0.189. The van der Waals surface area contributed by atoms with Gasteiger partial charge < -0.3 is 35.4 Å². The van der Waals surface area contributed by atoms with Crippen LogP contribution < -0.4 is 10.6 Å². The van der Waals surface area contributed by atoms with E-state index in [-0.39, 0.29) is 17.1 Å². The molecule has 228 valence electrons. The Morgan fingerprint density at radius 1 is 1.00 bits per heavy atom. The highest BCUT2D eigenvalue weighted by atomic mass is 31.2. The number of imidazole rings is 1. The summed E-state index contributed by atoms with van der Waals surface area (Å²) in [6, 6.07) is 3.46. The smallest absolute Gasteiger partial charge is 0.387 e. The molecule has 1 aliphatic heterocycles. The highest BCUT2D eigenvalue weighted by molar-refractivity contribution is 7.46. The van der Waals surface area contributed by atoms with E-state index in [1.54, 1.807) is 0 Å². The maximum atomic E-state index is 11.2. The molecular formula is C22H29N8O11P. The number of unbranched alkanes of at least 4 members (excludes halogenated alkanes) is 3. The summed E-state index contributed by atoms with van der Waals surface area (Å²) in [6.07, 6.45) is 0.504. The van der Waals surface area contributed by atoms with Gasteiger partial charge in [0.1, 0.15) is 30.3 Å². The Morgan fingerprint density at radius 3 is 2.38 bits per heavy atom. The van der Waals surface area contributed by atoms with E-state index in [4.69, 9.17) is 14.5 Å². The van der Waals surface area contributed by atoms with Gasteiger partial charge in [0, 0.05) is 19.2 Å². The molecule has 2 aromatic heterocycles. The van der Waals surface area contributed by atoms with Crippen molar-refractivity contribution in [3.8, 4) is 0 Å². The van der Waals surface area contributed by atoms with E-state index in [1.807, 2.05) is 0 Å². The molecule has 0 spiro atoms. The lowest BCUT2D eigenvalue weighted by atomic mass is 10.1. The lowest BCUT2D eigenvalue weighted by Crippen LogP contribution is -2.33. The van der Waals surface area contributed by atoms with Gasteiger partial charge in [0.05, 0.1) is 28.8 Å². The normalized spacial score (nSPS) is 20.6. The fourth-order valence-electron chi connectivity index (χ4n) is 4.40. The Kier molecular flexibility index (Phi) is 9.94. The minimum absolute atomic E-state index is 0.217. The molecule has 3 aromatic rings. The molecule has 0 unspecified atom stereocenters. The molecule has 0 radical (unpaired) electrons. The maximum absolute atomic E-state index is 11.2. The molecule has 20 heteroatoms. The summed E-state index contributed by atoms with van der Waals surface area (Å²) >= 11 is 0. The topological polar surface area (TPSA) is 270 Å². The van der Waals surface area contributed by atoms with Crippen molar-refractivity contribution in [1.82, 2.24) is 19.5 Å². The number of aliphatic hydroxyl groups excluding tert-OH is 2. The molecule has 0 bridgehead atoms. The zero-order valence-corrected chi connectivity index (χ0v) is 22.8. The van der Waals surface area contributed by atoms with Crippen LogP contribution in [0.2, 0.25) is 0 Å². The third-order valence-electron chi connectivity index (χ3n) is 6.48. The van der Waals surface area contributed by atoms with Crippen LogP contribution in [0.15, 0.2) is 30.9 Å². The number of aliphatic hydroxyl groups is 2. The summed E-state index contributed by atoms with van der Waals surface area (Å²) in [5, 5.41) is 48.9. The lowest BCUT2D eigenvalue weighted by Gasteiger charge is -2.16. The molecule has 42 heavy (non-hydrogen) atoms. The number of phosphoric acid groups is 1. The molecule has 0 aliphatic carbocycles. The lowest BCUT2D eigenvalue weighted by molar-refractivity contribution is -0.393. The van der Waals surface area contributed by atoms with Gasteiger partial charge >= 0.3 is 7.82 Å². The average Bonchev–Trinajstić information content (AvgIpc) is 3.49. The molecule has 3 heterocycles. The van der Waals surface area contributed by atoms with Crippen molar-refractivity contribution in [3.63, 3.8) is 0 Å². The molecule has 19 nitrogen and oxygen atoms in total. The zero-order chi connectivity index (χ0) is 30.4. The van der Waals surface area contributed by atoms with E-state index < -0.39 is 48.8 Å². The van der Waals surface area contributed by atoms with Gasteiger partial charge in [-0.2, -0.15) is 0 Å². The van der Waals surface area contributed by atoms with Gasteiger partial charge in [0.15, 0.2) is 23.2 Å². The van der Waals surface area contributed by atoms with E-state index in [1.165, 1.54) is 29.4 Å². The number of nitrogens with one attached hydrogen (secondary N) is 2. The van der Waals surface area contributed by atoms with E-state index in [9.17, 15) is 35.0 Å². The highest BCUT2D eigenvalue weighted by Gasteiger charge is 2.45. The number of phosphoric ester groups is 1. The SMILES string of the molecule is O=[N+]([O-])c1ccc(NCCCCCCNc2ncnc3c2ncn3[C@@H]2O[C@H](COP(=O)(O)O)[C@@H](O)[C@H]2O)c([N+](=O)[O-])c1. The fraction of sp³-hybridized carbons (Fsp3) is 0.500. The zero-order valence-electron chi connectivity index (χ0n) is 21.9. The summed E-state index contributed by atoms with van der Waals surface area (Å²) in [6.45, 7) is 0.357. The van der Waals surface area contributed by atoms with Crippen molar-refractivity contribution >= 4 is 41.9 Å². The van der Waals surface area contributed by atoms with Gasteiger partial charge in [-0.05, 0) is 18.9 Å². The number of ether oxygens (including phenoxy) is 1. The number of anilines is 2. The van der Waals surface area contributed by atoms with Crippen LogP contribution >= 0.6 is 7.82 Å². The standard InChI is InChI=1S/C22H29N8O11P/c31-18-16(10-40-42(37,38)39)41-22(19(18)32)28-12-27-17-20(25-11-26-21(17)28)24-8-4-2-1-3-7-23-14-6-5-13(29(33)34)9-15(14)30(35)36/h5-6,9,11-12,16,18-19,22-23,31-32H,1-4,7-8,10H2,(H,24,25,26)(H2,37,38,39)/t16-,18-,19-,22-/m1/s1. The fourth-order valence-corrected chi connectivity index (χ4v) is 4.74. The average molecular weight is 612 g/mol. The van der Waals surface area contributed by atoms with Crippen LogP contribution in [0.25, 0.3) is 11.2 Å². The molecule has 4 rings (SSSR count). The molecule has 1 aromatic carbocycles. The van der Waals surface area contributed by atoms with E-state index >= 15 is 0 Å². The molecular weight excluding hydrogens is 583 g/mol. The number of benzene rings is 1. The molecule has 4 atom stereocenters. The van der Waals surface area contributed by atoms with Crippen molar-refractivity contribution in [2.24, 2.45) is 0 Å². The quantitative estimate of drug-likeness (QED) is 0.0613. The number of aromatic nitrogens is 4. The van der Waals surface area contributed by atoms with Crippen LogP contribution in [0.4, 0.5) is 22.9 Å². The monoisotopic (exact) mass is 612 g/mol. The maximum Gasteiger partial charge on any atom is 0.469 e. The van der Waals surface area contributed by atoms with Crippen LogP contribution in [0, 0.1) is 20.2 Å². The van der Waals surface area contributed by atoms with Gasteiger partial charge in [-0.25, -0.2) is 19.5 Å². The first kappa shape index (κ1) is 31.1. The van der Waals surface area contributed by atoms with Crippen LogP contribution in [0.1, 0.15) is 31.9 Å². The molecule has 1 fully saturated rings. The Morgan fingerprint density at radius 2 is 1.71 bits per heavy atom. The van der Waals surface area contributed by atoms with Crippen molar-refractivity contribution in [2.75, 3.05) is 30.3 Å². The van der Waals surface area contributed by atoms with Crippen molar-refractivity contribution in [3.05, 3.63) is 51.1 Å². The predicted octanol–water partition coefficient (Wildman–Crippen LogP) is 1.46. The Labute approximate surface area is 237 Å². The van der Waals surface area contributed by atoms with Gasteiger partial charge in [0.25, 0.3) is 11.4 Å². The van der Waals surface area contributed by atoms with Crippen molar-refractivity contribution in [1.29, 1.82) is 0 Å². The predicted molar refractivity (Wildman–Crippen MR) is 144 cm³/mol. The number of nitro benzene ring substituents is 2. The van der Waals surface area contributed by atoms with Gasteiger partial charge in [0.2, 0.25) is 0 Å². The minimum Gasteiger partial charge on any atom is -0.387 e. The molecule has 1 saturated heterocycles. The first-order valence-electron chi connectivity index (χ1n) is 12.8. The van der Waals surface area contributed by atoms with Gasteiger partial charge in [-0.15, -0.1) is 0 Å².